The molecule has 0 fully saturated rings. The van der Waals surface area contributed by atoms with Crippen molar-refractivity contribution >= 4 is 51.7 Å². The maximum atomic E-state index is 13.3. The van der Waals surface area contributed by atoms with Gasteiger partial charge in [0.25, 0.3) is 11.8 Å². The molecule has 0 bridgehead atoms. The number of nitrogens with one attached hydrogen (secondary N) is 3. The molecule has 0 aliphatic carbocycles. The number of aromatic amines is 1. The summed E-state index contributed by atoms with van der Waals surface area (Å²) < 4.78 is 0. The third-order valence-electron chi connectivity index (χ3n) is 6.99. The van der Waals surface area contributed by atoms with E-state index in [1.54, 1.807) is 49.5 Å². The highest BCUT2D eigenvalue weighted by molar-refractivity contribution is 6.16. The summed E-state index contributed by atoms with van der Waals surface area (Å²) in [4.78, 5) is 47.2. The fourth-order valence-corrected chi connectivity index (χ4v) is 4.94. The van der Waals surface area contributed by atoms with Crippen LogP contribution in [0.5, 0.6) is 0 Å². The summed E-state index contributed by atoms with van der Waals surface area (Å²) in [6.45, 7) is 0.297. The molecule has 4 N–H and O–H groups in total. The molecule has 9 heteroatoms. The number of nitrogens with zero attached hydrogens (tertiary/aromatic N) is 2. The number of hydrogen-bond acceptors (Lipinski definition) is 5. The fraction of sp³-hybridized carbons (Fsp3) is 0.0625. The number of carboxylic acids is 1. The molecule has 0 saturated carbocycles. The highest BCUT2D eigenvalue weighted by atomic mass is 16.4. The Labute approximate surface area is 235 Å². The van der Waals surface area contributed by atoms with E-state index in [4.69, 9.17) is 0 Å². The number of hydrogen-bond donors (Lipinski definition) is 4. The highest BCUT2D eigenvalue weighted by Crippen LogP contribution is 2.38. The van der Waals surface area contributed by atoms with E-state index in [0.29, 0.717) is 46.0 Å². The van der Waals surface area contributed by atoms with Crippen LogP contribution in [-0.4, -0.2) is 39.9 Å². The molecular formula is C32H25N5O4. The Hall–Kier alpha value is -5.70. The second-order valence-electron chi connectivity index (χ2n) is 9.65. The van der Waals surface area contributed by atoms with Gasteiger partial charge in [0.15, 0.2) is 0 Å². The number of H-pyrrole nitrogens is 1. The molecule has 6 rings (SSSR count). The molecule has 1 aliphatic rings. The van der Waals surface area contributed by atoms with Gasteiger partial charge in [-0.3, -0.25) is 9.59 Å². The van der Waals surface area contributed by atoms with Crippen LogP contribution in [0.25, 0.3) is 16.6 Å². The molecule has 0 radical (unpaired) electrons. The number of para-hydroxylation sites is 2. The maximum absolute atomic E-state index is 13.3. The Bertz CT molecular complexity index is 1820. The molecule has 0 atom stereocenters. The van der Waals surface area contributed by atoms with E-state index in [0.717, 1.165) is 28.4 Å². The van der Waals surface area contributed by atoms with Crippen LogP contribution in [0.4, 0.5) is 17.3 Å². The average Bonchev–Trinajstić information content (AvgIpc) is 3.37. The molecule has 0 spiro atoms. The predicted octanol–water partition coefficient (Wildman–Crippen LogP) is 5.34. The van der Waals surface area contributed by atoms with Gasteiger partial charge in [-0.1, -0.05) is 48.5 Å². The van der Waals surface area contributed by atoms with Crippen LogP contribution in [0.2, 0.25) is 0 Å². The topological polar surface area (TPSA) is 127 Å². The van der Waals surface area contributed by atoms with Gasteiger partial charge in [0.1, 0.15) is 0 Å². The van der Waals surface area contributed by atoms with Crippen LogP contribution >= 0.6 is 0 Å². The third-order valence-corrected chi connectivity index (χ3v) is 6.99. The number of imidazole rings is 1. The van der Waals surface area contributed by atoms with Crippen LogP contribution in [0.3, 0.4) is 0 Å². The number of benzene rings is 4. The van der Waals surface area contributed by atoms with Gasteiger partial charge in [0, 0.05) is 42.0 Å². The molecule has 4 aromatic carbocycles. The number of aliphatic carboxylic acids is 1. The van der Waals surface area contributed by atoms with Crippen molar-refractivity contribution in [2.24, 2.45) is 0 Å². The molecule has 202 valence electrons. The normalized spacial score (nSPS) is 13.4. The SMILES string of the molecule is CN1C(=O)c2ccccc2/C(=C\C(=O)O)c2ccc(C(=O)NCc3ccc(Nc4nc5ccccc5[nH]4)cc3)cc21. The molecule has 0 unspecified atom stereocenters. The molecule has 1 aromatic heterocycles. The van der Waals surface area contributed by atoms with E-state index in [9.17, 15) is 19.5 Å². The number of fused-ring (bicyclic) bond motifs is 3. The number of carboxylic acid groups (broad SMARTS) is 1. The second-order valence-corrected chi connectivity index (χ2v) is 9.65. The molecule has 2 amide bonds. The van der Waals surface area contributed by atoms with Crippen molar-refractivity contribution in [1.29, 1.82) is 0 Å². The highest BCUT2D eigenvalue weighted by Gasteiger charge is 2.28. The molecule has 1 aliphatic heterocycles. The lowest BCUT2D eigenvalue weighted by molar-refractivity contribution is -0.131. The average molecular weight is 544 g/mol. The summed E-state index contributed by atoms with van der Waals surface area (Å²) in [5.74, 6) is -1.09. The van der Waals surface area contributed by atoms with Gasteiger partial charge in [-0.25, -0.2) is 9.78 Å². The minimum atomic E-state index is -1.13. The monoisotopic (exact) mass is 543 g/mol. The Morgan fingerprint density at radius 3 is 2.41 bits per heavy atom. The lowest BCUT2D eigenvalue weighted by Gasteiger charge is -2.19. The summed E-state index contributed by atoms with van der Waals surface area (Å²) >= 11 is 0. The molecule has 41 heavy (non-hydrogen) atoms. The first-order valence-corrected chi connectivity index (χ1v) is 12.9. The van der Waals surface area contributed by atoms with Crippen molar-refractivity contribution < 1.29 is 19.5 Å². The van der Waals surface area contributed by atoms with Gasteiger partial charge >= 0.3 is 5.97 Å². The summed E-state index contributed by atoms with van der Waals surface area (Å²) in [6.07, 6.45) is 1.09. The zero-order valence-electron chi connectivity index (χ0n) is 22.0. The first-order chi connectivity index (χ1) is 19.9. The fourth-order valence-electron chi connectivity index (χ4n) is 4.94. The largest absolute Gasteiger partial charge is 0.478 e. The van der Waals surface area contributed by atoms with Crippen LogP contribution < -0.4 is 15.5 Å². The lowest BCUT2D eigenvalue weighted by atomic mass is 9.93. The third kappa shape index (κ3) is 5.04. The van der Waals surface area contributed by atoms with Crippen LogP contribution in [-0.2, 0) is 11.3 Å². The minimum absolute atomic E-state index is 0.287. The summed E-state index contributed by atoms with van der Waals surface area (Å²) in [5, 5.41) is 15.7. The van der Waals surface area contributed by atoms with E-state index >= 15 is 0 Å². The lowest BCUT2D eigenvalue weighted by Crippen LogP contribution is -2.27. The van der Waals surface area contributed by atoms with E-state index in [1.165, 1.54) is 4.90 Å². The number of carbonyl (C=O) groups is 3. The molecule has 5 aromatic rings. The maximum Gasteiger partial charge on any atom is 0.328 e. The van der Waals surface area contributed by atoms with Gasteiger partial charge < -0.3 is 25.6 Å². The van der Waals surface area contributed by atoms with E-state index in [2.05, 4.69) is 20.6 Å². The van der Waals surface area contributed by atoms with Crippen molar-refractivity contribution in [2.75, 3.05) is 17.3 Å². The Morgan fingerprint density at radius 2 is 1.66 bits per heavy atom. The smallest absolute Gasteiger partial charge is 0.328 e. The number of carbonyl (C=O) groups excluding carboxylic acids is 2. The van der Waals surface area contributed by atoms with Crippen molar-refractivity contribution in [3.05, 3.63) is 125 Å². The standard InChI is InChI=1S/C32H25N5O4/c1-37-28-16-20(12-15-23(28)25(17-29(38)39)22-6-2-3-7-24(22)31(37)41)30(40)33-18-19-10-13-21(14-11-19)34-32-35-26-8-4-5-9-27(26)36-32/h2-17H,18H2,1H3,(H,33,40)(H,38,39)(H2,34,35,36)/b25-17+. The quantitative estimate of drug-likeness (QED) is 0.214. The second kappa shape index (κ2) is 10.5. The van der Waals surface area contributed by atoms with Crippen molar-refractivity contribution in [1.82, 2.24) is 15.3 Å². The van der Waals surface area contributed by atoms with Gasteiger partial charge in [-0.15, -0.1) is 0 Å². The number of anilines is 3. The Balaban J connectivity index is 1.19. The zero-order valence-corrected chi connectivity index (χ0v) is 22.0. The van der Waals surface area contributed by atoms with Crippen molar-refractivity contribution in [3.63, 3.8) is 0 Å². The summed E-state index contributed by atoms with van der Waals surface area (Å²) in [6, 6.07) is 27.2. The molecule has 2 heterocycles. The van der Waals surface area contributed by atoms with E-state index < -0.39 is 5.97 Å². The van der Waals surface area contributed by atoms with Crippen molar-refractivity contribution in [3.8, 4) is 0 Å². The van der Waals surface area contributed by atoms with E-state index in [-0.39, 0.29) is 11.8 Å². The number of rotatable bonds is 6. The molecule has 0 saturated heterocycles. The Kier molecular flexibility index (Phi) is 6.52. The van der Waals surface area contributed by atoms with Gasteiger partial charge in [-0.2, -0.15) is 0 Å². The number of aromatic nitrogens is 2. The van der Waals surface area contributed by atoms with Gasteiger partial charge in [-0.05, 0) is 59.2 Å². The molecular weight excluding hydrogens is 518 g/mol. The summed E-state index contributed by atoms with van der Waals surface area (Å²) in [7, 11) is 1.62. The predicted molar refractivity (Wildman–Crippen MR) is 157 cm³/mol. The summed E-state index contributed by atoms with van der Waals surface area (Å²) in [5.41, 5.74) is 6.26. The van der Waals surface area contributed by atoms with E-state index in [1.807, 2.05) is 48.5 Å². The molecule has 9 nitrogen and oxygen atoms in total. The van der Waals surface area contributed by atoms with Crippen LogP contribution in [0, 0.1) is 0 Å². The van der Waals surface area contributed by atoms with Crippen LogP contribution in [0.15, 0.2) is 97.1 Å². The Morgan fingerprint density at radius 1 is 0.927 bits per heavy atom. The number of amides is 2. The first-order valence-electron chi connectivity index (χ1n) is 12.9. The zero-order chi connectivity index (χ0) is 28.5. The van der Waals surface area contributed by atoms with Gasteiger partial charge in [0.2, 0.25) is 5.95 Å². The minimum Gasteiger partial charge on any atom is -0.478 e. The van der Waals surface area contributed by atoms with Gasteiger partial charge in [0.05, 0.1) is 16.7 Å². The van der Waals surface area contributed by atoms with Crippen LogP contribution in [0.1, 0.15) is 37.4 Å². The first kappa shape index (κ1) is 25.6. The van der Waals surface area contributed by atoms with Crippen molar-refractivity contribution in [2.45, 2.75) is 6.54 Å².